The lowest BCUT2D eigenvalue weighted by Gasteiger charge is -2.35. The number of hydrogen-bond acceptors (Lipinski definition) is 4. The van der Waals surface area contributed by atoms with E-state index in [1.807, 2.05) is 89.2 Å². The number of amides is 2. The van der Waals surface area contributed by atoms with Crippen molar-refractivity contribution in [1.82, 2.24) is 10.2 Å². The zero-order chi connectivity index (χ0) is 32.8. The first-order chi connectivity index (χ1) is 21.2. The Labute approximate surface area is 265 Å². The Morgan fingerprint density at radius 2 is 1.33 bits per heavy atom. The van der Waals surface area contributed by atoms with Gasteiger partial charge in [0.05, 0.1) is 10.6 Å². The summed E-state index contributed by atoms with van der Waals surface area (Å²) in [5.41, 5.74) is 2.60. The summed E-state index contributed by atoms with van der Waals surface area (Å²) in [6.45, 7) is 8.64. The van der Waals surface area contributed by atoms with Crippen molar-refractivity contribution < 1.29 is 22.4 Å². The summed E-state index contributed by atoms with van der Waals surface area (Å²) in [7, 11) is -4.39. The van der Waals surface area contributed by atoms with E-state index in [1.54, 1.807) is 12.1 Å². The van der Waals surface area contributed by atoms with Crippen LogP contribution in [0.2, 0.25) is 0 Å². The summed E-state index contributed by atoms with van der Waals surface area (Å²) in [5.74, 6) is -1.83. The van der Waals surface area contributed by atoms with E-state index < -0.39 is 39.9 Å². The van der Waals surface area contributed by atoms with Crippen LogP contribution in [0.3, 0.4) is 0 Å². The van der Waals surface area contributed by atoms with E-state index >= 15 is 4.39 Å². The predicted octanol–water partition coefficient (Wildman–Crippen LogP) is 6.19. The maximum absolute atomic E-state index is 15.3. The second-order valence-corrected chi connectivity index (χ2v) is 14.1. The van der Waals surface area contributed by atoms with Crippen molar-refractivity contribution in [2.75, 3.05) is 10.8 Å². The molecule has 1 N–H and O–H groups in total. The van der Waals surface area contributed by atoms with Gasteiger partial charge in [0, 0.05) is 18.5 Å². The zero-order valence-corrected chi connectivity index (χ0v) is 27.1. The SMILES string of the molecule is Cc1ccc(CN(C(=O)CN(c2ccccc2F)S(=O)(=O)c2ccc(C)cc2)[C@H](Cc2ccccc2)C(=O)NC(C)(C)C)cc1. The summed E-state index contributed by atoms with van der Waals surface area (Å²) >= 11 is 0. The number of nitrogens with zero attached hydrogens (tertiary/aromatic N) is 2. The van der Waals surface area contributed by atoms with E-state index in [0.717, 1.165) is 32.6 Å². The molecule has 0 saturated heterocycles. The highest BCUT2D eigenvalue weighted by Gasteiger charge is 2.36. The van der Waals surface area contributed by atoms with Gasteiger partial charge in [0.25, 0.3) is 10.0 Å². The third kappa shape index (κ3) is 8.79. The molecule has 0 radical (unpaired) electrons. The van der Waals surface area contributed by atoms with Crippen LogP contribution in [0.25, 0.3) is 0 Å². The molecule has 0 heterocycles. The molecule has 4 aromatic carbocycles. The smallest absolute Gasteiger partial charge is 0.264 e. The molecule has 0 aliphatic heterocycles. The molecule has 2 amide bonds. The number of nitrogens with one attached hydrogen (secondary N) is 1. The molecular formula is C36H40FN3O4S. The number of benzene rings is 4. The minimum Gasteiger partial charge on any atom is -0.350 e. The molecule has 9 heteroatoms. The van der Waals surface area contributed by atoms with Crippen molar-refractivity contribution >= 4 is 27.5 Å². The van der Waals surface area contributed by atoms with Crippen LogP contribution in [0.1, 0.15) is 43.0 Å². The highest BCUT2D eigenvalue weighted by atomic mass is 32.2. The predicted molar refractivity (Wildman–Crippen MR) is 176 cm³/mol. The average molecular weight is 630 g/mol. The third-order valence-corrected chi connectivity index (χ3v) is 9.03. The Morgan fingerprint density at radius 3 is 1.91 bits per heavy atom. The second kappa shape index (κ2) is 14.1. The van der Waals surface area contributed by atoms with Gasteiger partial charge in [0.2, 0.25) is 11.8 Å². The molecule has 4 rings (SSSR count). The number of anilines is 1. The summed E-state index contributed by atoms with van der Waals surface area (Å²) in [5, 5.41) is 3.00. The first-order valence-electron chi connectivity index (χ1n) is 14.8. The lowest BCUT2D eigenvalue weighted by atomic mass is 10.0. The number of carbonyl (C=O) groups is 2. The molecule has 45 heavy (non-hydrogen) atoms. The molecule has 0 unspecified atom stereocenters. The monoisotopic (exact) mass is 629 g/mol. The van der Waals surface area contributed by atoms with Crippen molar-refractivity contribution in [3.63, 3.8) is 0 Å². The van der Waals surface area contributed by atoms with Crippen molar-refractivity contribution in [2.45, 2.75) is 64.1 Å². The standard InChI is InChI=1S/C36H40FN3O4S/c1-26-15-19-29(20-16-26)24-39(33(35(42)38-36(3,4)5)23-28-11-7-6-8-12-28)34(41)25-40(32-14-10-9-13-31(32)37)45(43,44)30-21-17-27(2)18-22-30/h6-22,33H,23-25H2,1-5H3,(H,38,42)/t33-/m1/s1. The highest BCUT2D eigenvalue weighted by Crippen LogP contribution is 2.27. The molecule has 0 fully saturated rings. The van der Waals surface area contributed by atoms with Crippen molar-refractivity contribution in [3.8, 4) is 0 Å². The first-order valence-corrected chi connectivity index (χ1v) is 16.2. The maximum Gasteiger partial charge on any atom is 0.264 e. The van der Waals surface area contributed by atoms with E-state index in [9.17, 15) is 18.0 Å². The molecule has 0 bridgehead atoms. The van der Waals surface area contributed by atoms with E-state index in [2.05, 4.69) is 5.32 Å². The number of sulfonamides is 1. The van der Waals surface area contributed by atoms with Gasteiger partial charge in [0.1, 0.15) is 18.4 Å². The van der Waals surface area contributed by atoms with Gasteiger partial charge in [-0.05, 0) is 70.0 Å². The highest BCUT2D eigenvalue weighted by molar-refractivity contribution is 7.92. The lowest BCUT2D eigenvalue weighted by Crippen LogP contribution is -2.56. The summed E-state index contributed by atoms with van der Waals surface area (Å²) < 4.78 is 44.1. The van der Waals surface area contributed by atoms with Gasteiger partial charge in [-0.1, -0.05) is 90.0 Å². The third-order valence-electron chi connectivity index (χ3n) is 7.25. The minimum atomic E-state index is -4.39. The number of para-hydroxylation sites is 1. The van der Waals surface area contributed by atoms with Crippen molar-refractivity contribution in [3.05, 3.63) is 131 Å². The number of carbonyl (C=O) groups excluding carboxylic acids is 2. The summed E-state index contributed by atoms with van der Waals surface area (Å²) in [6.07, 6.45) is 0.185. The van der Waals surface area contributed by atoms with E-state index in [-0.39, 0.29) is 29.5 Å². The van der Waals surface area contributed by atoms with Crippen LogP contribution in [0, 0.1) is 19.7 Å². The average Bonchev–Trinajstić information content (AvgIpc) is 2.99. The molecule has 0 spiro atoms. The van der Waals surface area contributed by atoms with Crippen molar-refractivity contribution in [1.29, 1.82) is 0 Å². The second-order valence-electron chi connectivity index (χ2n) is 12.2. The van der Waals surface area contributed by atoms with Gasteiger partial charge < -0.3 is 10.2 Å². The van der Waals surface area contributed by atoms with Crippen LogP contribution < -0.4 is 9.62 Å². The summed E-state index contributed by atoms with van der Waals surface area (Å²) in [6, 6.07) is 27.5. The molecule has 7 nitrogen and oxygen atoms in total. The summed E-state index contributed by atoms with van der Waals surface area (Å²) in [4.78, 5) is 29.7. The van der Waals surface area contributed by atoms with Crippen molar-refractivity contribution in [2.24, 2.45) is 0 Å². The molecule has 1 atom stereocenters. The Balaban J connectivity index is 1.82. The topological polar surface area (TPSA) is 86.8 Å². The Kier molecular flexibility index (Phi) is 10.4. The van der Waals surface area contributed by atoms with E-state index in [1.165, 1.54) is 35.2 Å². The Bertz CT molecular complexity index is 1720. The van der Waals surface area contributed by atoms with Crippen LogP contribution in [0.5, 0.6) is 0 Å². The molecule has 0 aliphatic carbocycles. The van der Waals surface area contributed by atoms with Gasteiger partial charge in [-0.25, -0.2) is 12.8 Å². The van der Waals surface area contributed by atoms with Crippen LogP contribution in [-0.4, -0.2) is 43.3 Å². The van der Waals surface area contributed by atoms with Crippen LogP contribution >= 0.6 is 0 Å². The Morgan fingerprint density at radius 1 is 0.778 bits per heavy atom. The van der Waals surface area contributed by atoms with Gasteiger partial charge in [0.15, 0.2) is 0 Å². The zero-order valence-electron chi connectivity index (χ0n) is 26.3. The molecule has 236 valence electrons. The fourth-order valence-corrected chi connectivity index (χ4v) is 6.32. The van der Waals surface area contributed by atoms with Crippen LogP contribution in [0.15, 0.2) is 108 Å². The van der Waals surface area contributed by atoms with Gasteiger partial charge in [-0.3, -0.25) is 13.9 Å². The van der Waals surface area contributed by atoms with Crippen LogP contribution in [0.4, 0.5) is 10.1 Å². The normalized spacial score (nSPS) is 12.3. The fraction of sp³-hybridized carbons (Fsp3) is 0.278. The molecule has 0 aliphatic rings. The lowest BCUT2D eigenvalue weighted by molar-refractivity contribution is -0.140. The quantitative estimate of drug-likeness (QED) is 0.214. The Hall–Kier alpha value is -4.50. The largest absolute Gasteiger partial charge is 0.350 e. The van der Waals surface area contributed by atoms with Gasteiger partial charge >= 0.3 is 0 Å². The van der Waals surface area contributed by atoms with Gasteiger partial charge in [-0.15, -0.1) is 0 Å². The minimum absolute atomic E-state index is 0.0316. The number of rotatable bonds is 11. The van der Waals surface area contributed by atoms with Crippen LogP contribution in [-0.2, 0) is 32.6 Å². The molecular weight excluding hydrogens is 589 g/mol. The number of halogens is 1. The molecule has 0 saturated carbocycles. The van der Waals surface area contributed by atoms with Gasteiger partial charge in [-0.2, -0.15) is 0 Å². The van der Waals surface area contributed by atoms with E-state index in [4.69, 9.17) is 0 Å². The van der Waals surface area contributed by atoms with E-state index in [0.29, 0.717) is 0 Å². The first kappa shape index (κ1) is 33.4. The molecule has 4 aromatic rings. The number of hydrogen-bond donors (Lipinski definition) is 1. The number of aryl methyl sites for hydroxylation is 2. The molecule has 0 aromatic heterocycles. The fourth-order valence-electron chi connectivity index (χ4n) is 4.90. The maximum atomic E-state index is 15.3.